The molecule has 1 aliphatic heterocycles. The zero-order valence-electron chi connectivity index (χ0n) is 9.26. The van der Waals surface area contributed by atoms with Crippen LogP contribution in [0.25, 0.3) is 0 Å². The van der Waals surface area contributed by atoms with Gasteiger partial charge in [0.15, 0.2) is 5.69 Å². The first kappa shape index (κ1) is 11.1. The molecule has 0 aliphatic carbocycles. The third-order valence-corrected chi connectivity index (χ3v) is 2.44. The van der Waals surface area contributed by atoms with Gasteiger partial charge in [-0.1, -0.05) is 5.21 Å². The van der Waals surface area contributed by atoms with Gasteiger partial charge in [0.25, 0.3) is 0 Å². The van der Waals surface area contributed by atoms with Gasteiger partial charge >= 0.3 is 5.97 Å². The summed E-state index contributed by atoms with van der Waals surface area (Å²) in [6.45, 7) is 3.56. The Bertz CT molecular complexity index is 358. The average molecular weight is 225 g/mol. The summed E-state index contributed by atoms with van der Waals surface area (Å²) in [6, 6.07) is 0. The summed E-state index contributed by atoms with van der Waals surface area (Å²) in [5, 5.41) is 7.63. The molecule has 1 saturated heterocycles. The van der Waals surface area contributed by atoms with Crippen molar-refractivity contribution in [3.63, 3.8) is 0 Å². The molecular weight excluding hydrogens is 210 g/mol. The Morgan fingerprint density at radius 2 is 2.62 bits per heavy atom. The van der Waals surface area contributed by atoms with Gasteiger partial charge in [-0.2, -0.15) is 0 Å². The highest BCUT2D eigenvalue weighted by atomic mass is 16.5. The van der Waals surface area contributed by atoms with Gasteiger partial charge in [0.1, 0.15) is 0 Å². The number of nitrogens with zero attached hydrogens (tertiary/aromatic N) is 3. The molecule has 0 N–H and O–H groups in total. The van der Waals surface area contributed by atoms with Crippen molar-refractivity contribution in [3.8, 4) is 0 Å². The van der Waals surface area contributed by atoms with Crippen LogP contribution >= 0.6 is 0 Å². The molecule has 0 saturated carbocycles. The van der Waals surface area contributed by atoms with Crippen LogP contribution in [-0.4, -0.2) is 40.3 Å². The first-order valence-corrected chi connectivity index (χ1v) is 5.48. The van der Waals surface area contributed by atoms with Gasteiger partial charge in [0.05, 0.1) is 25.5 Å². The lowest BCUT2D eigenvalue weighted by atomic mass is 10.2. The summed E-state index contributed by atoms with van der Waals surface area (Å²) in [4.78, 5) is 11.3. The van der Waals surface area contributed by atoms with Gasteiger partial charge in [-0.25, -0.2) is 9.48 Å². The first-order chi connectivity index (χ1) is 7.79. The van der Waals surface area contributed by atoms with E-state index in [0.717, 1.165) is 19.4 Å². The minimum Gasteiger partial charge on any atom is -0.461 e. The van der Waals surface area contributed by atoms with E-state index in [0.29, 0.717) is 13.2 Å². The fourth-order valence-electron chi connectivity index (χ4n) is 1.68. The molecule has 1 aromatic rings. The molecular formula is C10H15N3O3. The van der Waals surface area contributed by atoms with E-state index in [1.807, 2.05) is 0 Å². The van der Waals surface area contributed by atoms with E-state index in [9.17, 15) is 4.79 Å². The molecule has 0 unspecified atom stereocenters. The van der Waals surface area contributed by atoms with E-state index in [4.69, 9.17) is 9.47 Å². The summed E-state index contributed by atoms with van der Waals surface area (Å²) < 4.78 is 11.9. The lowest BCUT2D eigenvalue weighted by Crippen LogP contribution is -2.15. The quantitative estimate of drug-likeness (QED) is 0.703. The highest BCUT2D eigenvalue weighted by Gasteiger charge is 2.18. The van der Waals surface area contributed by atoms with Crippen LogP contribution < -0.4 is 0 Å². The lowest BCUT2D eigenvalue weighted by Gasteiger charge is -2.07. The maximum atomic E-state index is 11.3. The van der Waals surface area contributed by atoms with Crippen molar-refractivity contribution in [2.45, 2.75) is 32.4 Å². The van der Waals surface area contributed by atoms with E-state index in [1.54, 1.807) is 17.8 Å². The Hall–Kier alpha value is -1.43. The Balaban J connectivity index is 1.93. The highest BCUT2D eigenvalue weighted by molar-refractivity contribution is 5.86. The van der Waals surface area contributed by atoms with E-state index in [1.165, 1.54) is 0 Å². The van der Waals surface area contributed by atoms with Crippen molar-refractivity contribution in [2.24, 2.45) is 0 Å². The van der Waals surface area contributed by atoms with Crippen LogP contribution in [0.5, 0.6) is 0 Å². The number of hydrogen-bond acceptors (Lipinski definition) is 5. The number of ether oxygens (including phenoxy) is 2. The smallest absolute Gasteiger partial charge is 0.360 e. The monoisotopic (exact) mass is 225 g/mol. The number of carbonyl (C=O) groups excluding carboxylic acids is 1. The van der Waals surface area contributed by atoms with Gasteiger partial charge in [-0.05, 0) is 19.8 Å². The molecule has 0 bridgehead atoms. The zero-order valence-corrected chi connectivity index (χ0v) is 9.26. The number of carbonyl (C=O) groups is 1. The maximum Gasteiger partial charge on any atom is 0.360 e. The van der Waals surface area contributed by atoms with Crippen molar-refractivity contribution in [2.75, 3.05) is 13.2 Å². The Morgan fingerprint density at radius 3 is 3.31 bits per heavy atom. The SMILES string of the molecule is CCOC(=O)c1cn(C[C@H]2CCCO2)nn1. The molecule has 16 heavy (non-hydrogen) atoms. The van der Waals surface area contributed by atoms with Gasteiger partial charge in [-0.3, -0.25) is 0 Å². The molecule has 2 heterocycles. The standard InChI is InChI=1S/C10H15N3O3/c1-2-15-10(14)9-7-13(12-11-9)6-8-4-3-5-16-8/h7-8H,2-6H2,1H3/t8-/m1/s1. The molecule has 2 rings (SSSR count). The number of aromatic nitrogens is 3. The molecule has 1 aliphatic rings. The van der Waals surface area contributed by atoms with Crippen molar-refractivity contribution in [3.05, 3.63) is 11.9 Å². The van der Waals surface area contributed by atoms with Gasteiger partial charge < -0.3 is 9.47 Å². The Kier molecular flexibility index (Phi) is 3.51. The predicted octanol–water partition coefficient (Wildman–Crippen LogP) is 0.634. The van der Waals surface area contributed by atoms with Crippen LogP contribution in [0.15, 0.2) is 6.20 Å². The minimum atomic E-state index is -0.430. The molecule has 88 valence electrons. The second kappa shape index (κ2) is 5.07. The molecule has 0 radical (unpaired) electrons. The lowest BCUT2D eigenvalue weighted by molar-refractivity contribution is 0.0519. The van der Waals surface area contributed by atoms with Crippen molar-refractivity contribution in [1.29, 1.82) is 0 Å². The summed E-state index contributed by atoms with van der Waals surface area (Å²) in [7, 11) is 0. The third-order valence-electron chi connectivity index (χ3n) is 2.44. The van der Waals surface area contributed by atoms with Gasteiger partial charge in [0.2, 0.25) is 0 Å². The largest absolute Gasteiger partial charge is 0.461 e. The zero-order chi connectivity index (χ0) is 11.4. The van der Waals surface area contributed by atoms with E-state index >= 15 is 0 Å². The van der Waals surface area contributed by atoms with Crippen molar-refractivity contribution < 1.29 is 14.3 Å². The number of esters is 1. The molecule has 0 aromatic carbocycles. The Labute approximate surface area is 93.5 Å². The summed E-state index contributed by atoms with van der Waals surface area (Å²) in [6.07, 6.45) is 3.91. The van der Waals surface area contributed by atoms with E-state index < -0.39 is 5.97 Å². The molecule has 1 fully saturated rings. The molecule has 1 atom stereocenters. The van der Waals surface area contributed by atoms with Crippen LogP contribution in [-0.2, 0) is 16.0 Å². The van der Waals surface area contributed by atoms with Crippen LogP contribution in [0.1, 0.15) is 30.3 Å². The number of rotatable bonds is 4. The summed E-state index contributed by atoms with van der Waals surface area (Å²) >= 11 is 0. The van der Waals surface area contributed by atoms with Crippen LogP contribution in [0.2, 0.25) is 0 Å². The van der Waals surface area contributed by atoms with Crippen LogP contribution in [0.3, 0.4) is 0 Å². The topological polar surface area (TPSA) is 66.2 Å². The third kappa shape index (κ3) is 2.57. The van der Waals surface area contributed by atoms with Crippen molar-refractivity contribution >= 4 is 5.97 Å². The highest BCUT2D eigenvalue weighted by Crippen LogP contribution is 2.13. The van der Waals surface area contributed by atoms with E-state index in [2.05, 4.69) is 10.3 Å². The molecule has 6 heteroatoms. The molecule has 0 amide bonds. The molecule has 1 aromatic heterocycles. The van der Waals surface area contributed by atoms with Gasteiger partial charge in [-0.15, -0.1) is 5.10 Å². The Morgan fingerprint density at radius 1 is 1.75 bits per heavy atom. The average Bonchev–Trinajstić information content (AvgIpc) is 2.90. The second-order valence-corrected chi connectivity index (χ2v) is 3.68. The molecule has 0 spiro atoms. The van der Waals surface area contributed by atoms with Crippen LogP contribution in [0, 0.1) is 0 Å². The minimum absolute atomic E-state index is 0.191. The van der Waals surface area contributed by atoms with E-state index in [-0.39, 0.29) is 11.8 Å². The van der Waals surface area contributed by atoms with Crippen molar-refractivity contribution in [1.82, 2.24) is 15.0 Å². The predicted molar refractivity (Wildman–Crippen MR) is 55.0 cm³/mol. The number of hydrogen-bond donors (Lipinski definition) is 0. The maximum absolute atomic E-state index is 11.3. The van der Waals surface area contributed by atoms with Crippen LogP contribution in [0.4, 0.5) is 0 Å². The molecule has 6 nitrogen and oxygen atoms in total. The second-order valence-electron chi connectivity index (χ2n) is 3.68. The summed E-state index contributed by atoms with van der Waals surface area (Å²) in [5.74, 6) is -0.430. The van der Waals surface area contributed by atoms with Gasteiger partial charge in [0, 0.05) is 6.61 Å². The first-order valence-electron chi connectivity index (χ1n) is 5.48. The fraction of sp³-hybridized carbons (Fsp3) is 0.700. The fourth-order valence-corrected chi connectivity index (χ4v) is 1.68. The summed E-state index contributed by atoms with van der Waals surface area (Å²) in [5.41, 5.74) is 0.250. The normalized spacial score (nSPS) is 19.9.